The van der Waals surface area contributed by atoms with Crippen LogP contribution in [0.3, 0.4) is 0 Å². The van der Waals surface area contributed by atoms with Crippen LogP contribution in [0.2, 0.25) is 0 Å². The molecule has 0 spiro atoms. The molecule has 7 heteroatoms. The summed E-state index contributed by atoms with van der Waals surface area (Å²) in [6.45, 7) is 3.21. The van der Waals surface area contributed by atoms with Gasteiger partial charge in [0.15, 0.2) is 0 Å². The molecule has 1 saturated heterocycles. The van der Waals surface area contributed by atoms with Gasteiger partial charge < -0.3 is 15.5 Å². The molecule has 0 saturated carbocycles. The lowest BCUT2D eigenvalue weighted by molar-refractivity contribution is -0.119. The van der Waals surface area contributed by atoms with Crippen LogP contribution in [0.1, 0.15) is 24.8 Å². The van der Waals surface area contributed by atoms with Gasteiger partial charge in [-0.15, -0.1) is 0 Å². The molecule has 144 valence electrons. The maximum Gasteiger partial charge on any atom is 0.237 e. The minimum atomic E-state index is -0.595. The van der Waals surface area contributed by atoms with E-state index in [9.17, 15) is 14.0 Å². The smallest absolute Gasteiger partial charge is 0.237 e. The van der Waals surface area contributed by atoms with Gasteiger partial charge in [0.2, 0.25) is 11.8 Å². The molecule has 2 unspecified atom stereocenters. The van der Waals surface area contributed by atoms with Crippen molar-refractivity contribution in [2.24, 2.45) is 4.99 Å². The van der Waals surface area contributed by atoms with Crippen molar-refractivity contribution < 1.29 is 14.0 Å². The molecular formula is C21H21FN4O2. The van der Waals surface area contributed by atoms with Crippen LogP contribution >= 0.6 is 0 Å². The third kappa shape index (κ3) is 3.74. The molecular weight excluding hydrogens is 359 g/mol. The average molecular weight is 380 g/mol. The lowest BCUT2D eigenvalue weighted by Gasteiger charge is -2.19. The molecule has 0 aliphatic carbocycles. The van der Waals surface area contributed by atoms with Crippen LogP contribution in [-0.4, -0.2) is 37.2 Å². The molecule has 2 amide bonds. The van der Waals surface area contributed by atoms with Crippen LogP contribution in [0, 0.1) is 5.82 Å². The number of halogens is 1. The second kappa shape index (κ2) is 7.42. The van der Waals surface area contributed by atoms with Crippen LogP contribution in [0.4, 0.5) is 21.5 Å². The van der Waals surface area contributed by atoms with Crippen LogP contribution in [0.15, 0.2) is 47.5 Å². The normalized spacial score (nSPS) is 21.1. The van der Waals surface area contributed by atoms with E-state index in [2.05, 4.69) is 20.5 Å². The van der Waals surface area contributed by atoms with Gasteiger partial charge in [0.25, 0.3) is 0 Å². The van der Waals surface area contributed by atoms with E-state index in [1.165, 1.54) is 19.1 Å². The Hall–Kier alpha value is -3.22. The highest BCUT2D eigenvalue weighted by Gasteiger charge is 2.29. The van der Waals surface area contributed by atoms with Crippen molar-refractivity contribution in [3.8, 4) is 0 Å². The van der Waals surface area contributed by atoms with Gasteiger partial charge in [-0.05, 0) is 54.4 Å². The first-order valence-electron chi connectivity index (χ1n) is 9.26. The Morgan fingerprint density at radius 3 is 2.82 bits per heavy atom. The van der Waals surface area contributed by atoms with Gasteiger partial charge in [0.1, 0.15) is 11.7 Å². The number of aliphatic imine (C=N–C) groups is 1. The van der Waals surface area contributed by atoms with E-state index in [0.29, 0.717) is 11.3 Å². The third-order valence-corrected chi connectivity index (χ3v) is 5.07. The number of nitrogens with one attached hydrogen (secondary N) is 2. The number of carbonyl (C=O) groups excluding carboxylic acids is 2. The van der Waals surface area contributed by atoms with Crippen LogP contribution < -0.4 is 15.5 Å². The lowest BCUT2D eigenvalue weighted by atomic mass is 10.0. The molecule has 28 heavy (non-hydrogen) atoms. The summed E-state index contributed by atoms with van der Waals surface area (Å²) in [6.07, 6.45) is 2.48. The zero-order valence-corrected chi connectivity index (χ0v) is 15.5. The van der Waals surface area contributed by atoms with Gasteiger partial charge >= 0.3 is 0 Å². The maximum absolute atomic E-state index is 13.5. The largest absolute Gasteiger partial charge is 0.369 e. The highest BCUT2D eigenvalue weighted by Crippen LogP contribution is 2.32. The molecule has 2 aliphatic heterocycles. The number of hydrogen-bond donors (Lipinski definition) is 2. The monoisotopic (exact) mass is 380 g/mol. The molecule has 2 heterocycles. The molecule has 6 nitrogen and oxygen atoms in total. The molecule has 4 rings (SSSR count). The Balaban J connectivity index is 1.44. The first-order valence-corrected chi connectivity index (χ1v) is 9.26. The number of fused-ring (bicyclic) bond motifs is 1. The number of amides is 2. The topological polar surface area (TPSA) is 73.8 Å². The summed E-state index contributed by atoms with van der Waals surface area (Å²) < 4.78 is 13.5. The molecule has 0 bridgehead atoms. The van der Waals surface area contributed by atoms with Gasteiger partial charge in [0.05, 0.1) is 5.69 Å². The second-order valence-electron chi connectivity index (χ2n) is 7.13. The zero-order valence-electron chi connectivity index (χ0n) is 15.5. The molecule has 0 radical (unpaired) electrons. The van der Waals surface area contributed by atoms with E-state index in [-0.39, 0.29) is 23.7 Å². The van der Waals surface area contributed by atoms with Crippen molar-refractivity contribution in [1.29, 1.82) is 0 Å². The quantitative estimate of drug-likeness (QED) is 0.801. The summed E-state index contributed by atoms with van der Waals surface area (Å²) in [4.78, 5) is 30.0. The fourth-order valence-corrected chi connectivity index (χ4v) is 3.71. The molecule has 2 atom stereocenters. The predicted octanol–water partition coefficient (Wildman–Crippen LogP) is 2.98. The molecule has 0 aromatic heterocycles. The van der Waals surface area contributed by atoms with Crippen LogP contribution in [0.25, 0.3) is 0 Å². The fraction of sp³-hybridized carbons (Fsp3) is 0.286. The molecule has 2 aromatic carbocycles. The molecule has 1 fully saturated rings. The van der Waals surface area contributed by atoms with Crippen LogP contribution in [0.5, 0.6) is 0 Å². The van der Waals surface area contributed by atoms with Crippen molar-refractivity contribution in [2.45, 2.75) is 25.3 Å². The van der Waals surface area contributed by atoms with Gasteiger partial charge in [-0.1, -0.05) is 0 Å². The van der Waals surface area contributed by atoms with Gasteiger partial charge in [-0.2, -0.15) is 0 Å². The minimum absolute atomic E-state index is 0.00561. The number of rotatable bonds is 4. The van der Waals surface area contributed by atoms with E-state index >= 15 is 0 Å². The van der Waals surface area contributed by atoms with E-state index < -0.39 is 5.92 Å². The predicted molar refractivity (Wildman–Crippen MR) is 107 cm³/mol. The Labute approximate surface area is 162 Å². The highest BCUT2D eigenvalue weighted by molar-refractivity contribution is 6.12. The van der Waals surface area contributed by atoms with E-state index in [1.807, 2.05) is 24.3 Å². The summed E-state index contributed by atoms with van der Waals surface area (Å²) >= 11 is 0. The third-order valence-electron chi connectivity index (χ3n) is 5.07. The van der Waals surface area contributed by atoms with Gasteiger partial charge in [-0.3, -0.25) is 14.6 Å². The fourth-order valence-electron chi connectivity index (χ4n) is 3.71. The number of nitrogens with zero attached hydrogens (tertiary/aromatic N) is 2. The second-order valence-corrected chi connectivity index (χ2v) is 7.13. The first kappa shape index (κ1) is 18.2. The Morgan fingerprint density at radius 1 is 1.29 bits per heavy atom. The van der Waals surface area contributed by atoms with E-state index in [0.717, 1.165) is 30.9 Å². The molecule has 2 aliphatic rings. The molecule has 2 aromatic rings. The maximum atomic E-state index is 13.5. The zero-order chi connectivity index (χ0) is 19.7. The Bertz CT molecular complexity index is 942. The van der Waals surface area contributed by atoms with Crippen molar-refractivity contribution in [2.75, 3.05) is 23.3 Å². The lowest BCUT2D eigenvalue weighted by Crippen LogP contribution is -2.35. The van der Waals surface area contributed by atoms with Crippen molar-refractivity contribution in [3.05, 3.63) is 53.8 Å². The molecule has 2 N–H and O–H groups in total. The van der Waals surface area contributed by atoms with E-state index in [1.54, 1.807) is 12.3 Å². The standard InChI is InChI=1S/C21H21FN4O2/c1-13(27)24-16-8-9-26(12-16)17-5-3-15(4-6-17)23-11-19-18-10-14(22)2-7-20(18)25-21(19)28/h2-7,10-11,16,19H,8-9,12H2,1H3,(H,24,27)(H,25,28). The van der Waals surface area contributed by atoms with Crippen molar-refractivity contribution in [1.82, 2.24) is 5.32 Å². The van der Waals surface area contributed by atoms with Gasteiger partial charge in [0, 0.05) is 43.6 Å². The summed E-state index contributed by atoms with van der Waals surface area (Å²) in [6, 6.07) is 12.2. The average Bonchev–Trinajstić information content (AvgIpc) is 3.24. The SMILES string of the molecule is CC(=O)NC1CCN(c2ccc(N=CC3C(=O)Nc4ccc(F)cc43)cc2)C1. The van der Waals surface area contributed by atoms with E-state index in [4.69, 9.17) is 0 Å². The summed E-state index contributed by atoms with van der Waals surface area (Å²) in [5.41, 5.74) is 3.02. The van der Waals surface area contributed by atoms with Crippen molar-refractivity contribution in [3.63, 3.8) is 0 Å². The first-order chi connectivity index (χ1) is 13.5. The number of carbonyl (C=O) groups is 2. The number of benzene rings is 2. The highest BCUT2D eigenvalue weighted by atomic mass is 19.1. The minimum Gasteiger partial charge on any atom is -0.369 e. The Kier molecular flexibility index (Phi) is 4.81. The van der Waals surface area contributed by atoms with Gasteiger partial charge in [-0.25, -0.2) is 4.39 Å². The number of hydrogen-bond acceptors (Lipinski definition) is 4. The number of anilines is 2. The van der Waals surface area contributed by atoms with Crippen molar-refractivity contribution >= 4 is 35.1 Å². The Morgan fingerprint density at radius 2 is 2.07 bits per heavy atom. The van der Waals surface area contributed by atoms with Crippen LogP contribution in [-0.2, 0) is 9.59 Å². The summed E-state index contributed by atoms with van der Waals surface area (Å²) in [5, 5.41) is 5.69. The summed E-state index contributed by atoms with van der Waals surface area (Å²) in [7, 11) is 0. The summed E-state index contributed by atoms with van der Waals surface area (Å²) in [5.74, 6) is -1.18.